The molecule has 132 valence electrons. The number of nitrogens with zero attached hydrogens (tertiary/aromatic N) is 2. The Labute approximate surface area is 148 Å². The highest BCUT2D eigenvalue weighted by Crippen LogP contribution is 2.42. The number of aliphatic carboxylic acids is 1. The minimum atomic E-state index is -1.11. The lowest BCUT2D eigenvalue weighted by atomic mass is 10.1. The minimum Gasteiger partial charge on any atom is -0.506 e. The first-order valence-corrected chi connectivity index (χ1v) is 7.81. The van der Waals surface area contributed by atoms with E-state index in [4.69, 9.17) is 9.84 Å². The second-order valence-corrected chi connectivity index (χ2v) is 5.58. The van der Waals surface area contributed by atoms with Gasteiger partial charge in [0.05, 0.1) is 0 Å². The Morgan fingerprint density at radius 1 is 0.962 bits per heavy atom. The van der Waals surface area contributed by atoms with E-state index >= 15 is 0 Å². The lowest BCUT2D eigenvalue weighted by molar-refractivity contribution is -0.144. The lowest BCUT2D eigenvalue weighted by Gasteiger charge is -2.14. The van der Waals surface area contributed by atoms with Crippen LogP contribution in [0.15, 0.2) is 64.8 Å². The number of phenols is 2. The molecule has 7 heteroatoms. The molecule has 0 aliphatic rings. The lowest BCUT2D eigenvalue weighted by Crippen LogP contribution is -2.22. The Bertz CT molecular complexity index is 1000. The Morgan fingerprint density at radius 3 is 2.27 bits per heavy atom. The fourth-order valence-corrected chi connectivity index (χ4v) is 2.38. The third-order valence-corrected chi connectivity index (χ3v) is 3.76. The van der Waals surface area contributed by atoms with Crippen LogP contribution in [0, 0.1) is 0 Å². The highest BCUT2D eigenvalue weighted by atomic mass is 16.5. The van der Waals surface area contributed by atoms with Gasteiger partial charge in [0.15, 0.2) is 11.9 Å². The summed E-state index contributed by atoms with van der Waals surface area (Å²) in [7, 11) is 0. The molecule has 0 bridgehead atoms. The maximum absolute atomic E-state index is 11.1. The predicted molar refractivity (Wildman–Crippen MR) is 95.6 cm³/mol. The van der Waals surface area contributed by atoms with Gasteiger partial charge in [-0.05, 0) is 19.1 Å². The van der Waals surface area contributed by atoms with Gasteiger partial charge in [-0.1, -0.05) is 36.4 Å². The van der Waals surface area contributed by atoms with Gasteiger partial charge in [0.1, 0.15) is 22.9 Å². The summed E-state index contributed by atoms with van der Waals surface area (Å²) in [6, 6.07) is 14.7. The van der Waals surface area contributed by atoms with Crippen LogP contribution in [0.25, 0.3) is 10.8 Å². The van der Waals surface area contributed by atoms with Crippen LogP contribution in [-0.4, -0.2) is 27.4 Å². The van der Waals surface area contributed by atoms with Crippen molar-refractivity contribution in [3.63, 3.8) is 0 Å². The number of phenolic OH excluding ortho intramolecular Hbond substituents is 2. The minimum absolute atomic E-state index is 0.0486. The van der Waals surface area contributed by atoms with Gasteiger partial charge in [-0.2, -0.15) is 0 Å². The second-order valence-electron chi connectivity index (χ2n) is 5.58. The predicted octanol–water partition coefficient (Wildman–Crippen LogP) is 4.52. The monoisotopic (exact) mass is 352 g/mol. The van der Waals surface area contributed by atoms with E-state index in [0.717, 1.165) is 0 Å². The van der Waals surface area contributed by atoms with Crippen LogP contribution < -0.4 is 4.74 Å². The molecule has 3 N–H and O–H groups in total. The molecule has 3 rings (SSSR count). The van der Waals surface area contributed by atoms with Crippen molar-refractivity contribution in [2.45, 2.75) is 13.0 Å². The van der Waals surface area contributed by atoms with Crippen molar-refractivity contribution in [3.05, 3.63) is 54.6 Å². The number of rotatable bonds is 5. The Morgan fingerprint density at radius 2 is 1.58 bits per heavy atom. The zero-order valence-electron chi connectivity index (χ0n) is 13.8. The van der Waals surface area contributed by atoms with Gasteiger partial charge >= 0.3 is 5.97 Å². The van der Waals surface area contributed by atoms with Crippen LogP contribution >= 0.6 is 0 Å². The SMILES string of the molecule is CC(Oc1cc(N=Nc2ccccc2O)c(O)c2ccccc12)C(=O)O. The third kappa shape index (κ3) is 3.41. The van der Waals surface area contributed by atoms with Gasteiger partial charge in [-0.15, -0.1) is 10.2 Å². The molecule has 0 heterocycles. The first-order chi connectivity index (χ1) is 12.5. The standard InChI is InChI=1S/C19H16N2O5/c1-11(19(24)25)26-17-10-15(18(23)13-7-3-2-6-12(13)17)21-20-14-8-4-5-9-16(14)22/h2-11,22-23H,1H3,(H,24,25). The zero-order valence-corrected chi connectivity index (χ0v) is 13.8. The van der Waals surface area contributed by atoms with Gasteiger partial charge in [0.2, 0.25) is 0 Å². The molecule has 1 unspecified atom stereocenters. The number of para-hydroxylation sites is 1. The molecule has 0 saturated carbocycles. The molecular formula is C19H16N2O5. The number of ether oxygens (including phenoxy) is 1. The molecule has 0 aromatic heterocycles. The quantitative estimate of drug-likeness (QED) is 0.585. The number of fused-ring (bicyclic) bond motifs is 1. The molecule has 0 fully saturated rings. The van der Waals surface area contributed by atoms with Gasteiger partial charge in [-0.3, -0.25) is 0 Å². The number of benzene rings is 3. The van der Waals surface area contributed by atoms with Crippen molar-refractivity contribution in [3.8, 4) is 17.2 Å². The molecule has 0 aliphatic carbocycles. The molecule has 3 aromatic carbocycles. The van der Waals surface area contributed by atoms with E-state index < -0.39 is 12.1 Å². The van der Waals surface area contributed by atoms with Gasteiger partial charge in [-0.25, -0.2) is 4.79 Å². The van der Waals surface area contributed by atoms with Crippen molar-refractivity contribution in [1.82, 2.24) is 0 Å². The van der Waals surface area contributed by atoms with Crippen LogP contribution in [0.4, 0.5) is 11.4 Å². The Kier molecular flexibility index (Phi) is 4.70. The van der Waals surface area contributed by atoms with Crippen LogP contribution in [0.1, 0.15) is 6.92 Å². The number of carboxylic acid groups (broad SMARTS) is 1. The summed E-state index contributed by atoms with van der Waals surface area (Å²) in [5.41, 5.74) is 0.334. The summed E-state index contributed by atoms with van der Waals surface area (Å²) in [6.07, 6.45) is -1.08. The van der Waals surface area contributed by atoms with Crippen LogP contribution in [0.3, 0.4) is 0 Å². The molecule has 0 spiro atoms. The summed E-state index contributed by atoms with van der Waals surface area (Å²) in [6.45, 7) is 1.41. The van der Waals surface area contributed by atoms with Crippen molar-refractivity contribution < 1.29 is 24.9 Å². The summed E-state index contributed by atoms with van der Waals surface area (Å²) < 4.78 is 5.50. The van der Waals surface area contributed by atoms with E-state index in [1.54, 1.807) is 42.5 Å². The van der Waals surface area contributed by atoms with E-state index in [0.29, 0.717) is 10.8 Å². The maximum Gasteiger partial charge on any atom is 0.344 e. The van der Waals surface area contributed by atoms with E-state index in [2.05, 4.69) is 10.2 Å². The fraction of sp³-hybridized carbons (Fsp3) is 0.105. The van der Waals surface area contributed by atoms with E-state index in [-0.39, 0.29) is 28.6 Å². The first-order valence-electron chi connectivity index (χ1n) is 7.81. The largest absolute Gasteiger partial charge is 0.506 e. The molecule has 0 saturated heterocycles. The van der Waals surface area contributed by atoms with Gasteiger partial charge in [0, 0.05) is 16.8 Å². The molecule has 7 nitrogen and oxygen atoms in total. The van der Waals surface area contributed by atoms with E-state index in [1.807, 2.05) is 0 Å². The summed E-state index contributed by atoms with van der Waals surface area (Å²) in [4.78, 5) is 11.1. The molecule has 3 aromatic rings. The Hall–Kier alpha value is -3.61. The van der Waals surface area contributed by atoms with Crippen LogP contribution in [-0.2, 0) is 4.79 Å². The molecular weight excluding hydrogens is 336 g/mol. The summed E-state index contributed by atoms with van der Waals surface area (Å²) >= 11 is 0. The smallest absolute Gasteiger partial charge is 0.344 e. The molecule has 26 heavy (non-hydrogen) atoms. The van der Waals surface area contributed by atoms with Crippen molar-refractivity contribution in [2.24, 2.45) is 10.2 Å². The van der Waals surface area contributed by atoms with Gasteiger partial charge in [0.25, 0.3) is 0 Å². The average molecular weight is 352 g/mol. The average Bonchev–Trinajstić information content (AvgIpc) is 2.64. The first kappa shape index (κ1) is 17.2. The summed E-state index contributed by atoms with van der Waals surface area (Å²) in [5, 5.41) is 38.2. The number of carboxylic acids is 1. The van der Waals surface area contributed by atoms with Crippen molar-refractivity contribution >= 4 is 28.1 Å². The van der Waals surface area contributed by atoms with Crippen LogP contribution in [0.2, 0.25) is 0 Å². The van der Waals surface area contributed by atoms with Crippen LogP contribution in [0.5, 0.6) is 17.2 Å². The third-order valence-electron chi connectivity index (χ3n) is 3.76. The van der Waals surface area contributed by atoms with Gasteiger partial charge < -0.3 is 20.1 Å². The van der Waals surface area contributed by atoms with E-state index in [9.17, 15) is 15.0 Å². The topological polar surface area (TPSA) is 112 Å². The van der Waals surface area contributed by atoms with Crippen molar-refractivity contribution in [1.29, 1.82) is 0 Å². The normalized spacial score (nSPS) is 12.3. The number of carbonyl (C=O) groups is 1. The number of hydrogen-bond donors (Lipinski definition) is 3. The fourth-order valence-electron chi connectivity index (χ4n) is 2.38. The molecule has 0 aliphatic heterocycles. The zero-order chi connectivity index (χ0) is 18.7. The second kappa shape index (κ2) is 7.10. The number of azo groups is 1. The summed E-state index contributed by atoms with van der Waals surface area (Å²) in [5.74, 6) is -1.01. The molecule has 0 amide bonds. The maximum atomic E-state index is 11.1. The van der Waals surface area contributed by atoms with Crippen molar-refractivity contribution in [2.75, 3.05) is 0 Å². The highest BCUT2D eigenvalue weighted by Gasteiger charge is 2.17. The molecule has 1 atom stereocenters. The number of hydrogen-bond acceptors (Lipinski definition) is 6. The van der Waals surface area contributed by atoms with E-state index in [1.165, 1.54) is 19.1 Å². The highest BCUT2D eigenvalue weighted by molar-refractivity contribution is 5.97. The number of aromatic hydroxyl groups is 2. The molecule has 0 radical (unpaired) electrons. The Balaban J connectivity index is 2.09.